The minimum Gasteiger partial charge on any atom is -0.379 e. The lowest BCUT2D eigenvalue weighted by atomic mass is 9.92. The Morgan fingerprint density at radius 3 is 2.43 bits per heavy atom. The number of amides is 1. The van der Waals surface area contributed by atoms with Gasteiger partial charge in [0.05, 0.1) is 18.1 Å². The molecule has 2 heterocycles. The van der Waals surface area contributed by atoms with Gasteiger partial charge in [-0.2, -0.15) is 0 Å². The molecule has 1 atom stereocenters. The molecule has 30 heavy (non-hydrogen) atoms. The van der Waals surface area contributed by atoms with Gasteiger partial charge < -0.3 is 15.0 Å². The Balaban J connectivity index is 1.71. The van der Waals surface area contributed by atoms with Gasteiger partial charge >= 0.3 is 0 Å². The van der Waals surface area contributed by atoms with Gasteiger partial charge in [-0.15, -0.1) is 0 Å². The monoisotopic (exact) mass is 418 g/mol. The van der Waals surface area contributed by atoms with Crippen LogP contribution in [0.2, 0.25) is 0 Å². The van der Waals surface area contributed by atoms with E-state index in [2.05, 4.69) is 24.1 Å². The number of hydrogen-bond acceptors (Lipinski definition) is 6. The smallest absolute Gasteiger partial charge is 0.293 e. The first-order chi connectivity index (χ1) is 14.5. The summed E-state index contributed by atoms with van der Waals surface area (Å²) < 4.78 is 5.48. The van der Waals surface area contributed by atoms with Crippen molar-refractivity contribution in [2.45, 2.75) is 45.6 Å². The third-order valence-electron chi connectivity index (χ3n) is 6.46. The van der Waals surface area contributed by atoms with Gasteiger partial charge in [0.2, 0.25) is 0 Å². The average molecular weight is 419 g/mol. The molecule has 1 unspecified atom stereocenters. The molecule has 0 saturated carbocycles. The van der Waals surface area contributed by atoms with Gasteiger partial charge in [-0.1, -0.05) is 26.7 Å². The molecule has 0 radical (unpaired) electrons. The number of benzene rings is 1. The summed E-state index contributed by atoms with van der Waals surface area (Å²) in [6.07, 6.45) is 4.17. The second kappa shape index (κ2) is 10.7. The fraction of sp³-hybridized carbons (Fsp3) is 0.682. The van der Waals surface area contributed by atoms with Crippen molar-refractivity contribution in [2.75, 3.05) is 50.8 Å². The first-order valence-electron chi connectivity index (χ1n) is 11.2. The summed E-state index contributed by atoms with van der Waals surface area (Å²) >= 11 is 0. The maximum atomic E-state index is 12.8. The zero-order chi connectivity index (χ0) is 21.5. The molecular weight excluding hydrogens is 384 g/mol. The van der Waals surface area contributed by atoms with Crippen molar-refractivity contribution in [1.29, 1.82) is 0 Å². The van der Waals surface area contributed by atoms with E-state index in [4.69, 9.17) is 4.74 Å². The van der Waals surface area contributed by atoms with Crippen LogP contribution in [0.15, 0.2) is 18.2 Å². The van der Waals surface area contributed by atoms with E-state index in [9.17, 15) is 14.9 Å². The molecule has 8 nitrogen and oxygen atoms in total. The number of nitro groups is 1. The van der Waals surface area contributed by atoms with Crippen LogP contribution in [0.1, 0.15) is 49.9 Å². The van der Waals surface area contributed by atoms with Crippen LogP contribution in [0.5, 0.6) is 0 Å². The SMILES string of the molecule is CCC(CC)C(CNC(=O)c1ccc(N2CCCC2)c([N+](=O)[O-])c1)N1CCOCC1. The number of ether oxygens (including phenoxy) is 1. The Kier molecular flexibility index (Phi) is 8.04. The minimum atomic E-state index is -0.384. The molecule has 0 spiro atoms. The highest BCUT2D eigenvalue weighted by atomic mass is 16.6. The van der Waals surface area contributed by atoms with Crippen molar-refractivity contribution in [3.63, 3.8) is 0 Å². The van der Waals surface area contributed by atoms with Gasteiger partial charge in [0.15, 0.2) is 0 Å². The number of rotatable bonds is 9. The third kappa shape index (κ3) is 5.29. The van der Waals surface area contributed by atoms with Crippen LogP contribution in [0.4, 0.5) is 11.4 Å². The fourth-order valence-electron chi connectivity index (χ4n) is 4.67. The number of carbonyl (C=O) groups is 1. The van der Waals surface area contributed by atoms with Gasteiger partial charge in [0.25, 0.3) is 11.6 Å². The molecule has 166 valence electrons. The Morgan fingerprint density at radius 2 is 1.83 bits per heavy atom. The normalized spacial score (nSPS) is 18.6. The van der Waals surface area contributed by atoms with Crippen LogP contribution in [-0.2, 0) is 4.74 Å². The number of carbonyl (C=O) groups excluding carboxylic acids is 1. The van der Waals surface area contributed by atoms with Gasteiger partial charge in [-0.25, -0.2) is 0 Å². The minimum absolute atomic E-state index is 0.00859. The molecule has 2 fully saturated rings. The van der Waals surface area contributed by atoms with Gasteiger partial charge in [0, 0.05) is 50.4 Å². The predicted octanol–water partition coefficient (Wildman–Crippen LogP) is 3.06. The van der Waals surface area contributed by atoms with E-state index in [1.165, 1.54) is 6.07 Å². The molecule has 0 aromatic heterocycles. The quantitative estimate of drug-likeness (QED) is 0.490. The first-order valence-corrected chi connectivity index (χ1v) is 11.2. The van der Waals surface area contributed by atoms with E-state index in [0.29, 0.717) is 23.7 Å². The molecule has 2 aliphatic rings. The van der Waals surface area contributed by atoms with Gasteiger partial charge in [0.1, 0.15) is 5.69 Å². The fourth-order valence-corrected chi connectivity index (χ4v) is 4.67. The van der Waals surface area contributed by atoms with Crippen LogP contribution in [0.3, 0.4) is 0 Å². The number of nitrogens with one attached hydrogen (secondary N) is 1. The zero-order valence-electron chi connectivity index (χ0n) is 18.1. The van der Waals surface area contributed by atoms with E-state index in [1.54, 1.807) is 12.1 Å². The summed E-state index contributed by atoms with van der Waals surface area (Å²) in [7, 11) is 0. The standard InChI is InChI=1S/C22H34N4O4/c1-3-17(4-2)21(25-11-13-30-14-12-25)16-23-22(27)18-7-8-19(20(15-18)26(28)29)24-9-5-6-10-24/h7-8,15,17,21H,3-6,9-14,16H2,1-2H3,(H,23,27). The maximum Gasteiger partial charge on any atom is 0.293 e. The van der Waals surface area contributed by atoms with Crippen LogP contribution in [-0.4, -0.2) is 67.7 Å². The summed E-state index contributed by atoms with van der Waals surface area (Å²) in [6, 6.07) is 5.09. The second-order valence-corrected chi connectivity index (χ2v) is 8.16. The topological polar surface area (TPSA) is 88.0 Å². The maximum absolute atomic E-state index is 12.8. The Bertz CT molecular complexity index is 726. The summed E-state index contributed by atoms with van der Waals surface area (Å²) in [5.74, 6) is 0.227. The van der Waals surface area contributed by atoms with Crippen molar-refractivity contribution in [2.24, 2.45) is 5.92 Å². The molecule has 1 aromatic carbocycles. The summed E-state index contributed by atoms with van der Waals surface area (Å²) in [5, 5.41) is 14.7. The molecule has 0 aliphatic carbocycles. The number of nitrogens with zero attached hydrogens (tertiary/aromatic N) is 3. The van der Waals surface area contributed by atoms with Gasteiger partial charge in [-0.3, -0.25) is 19.8 Å². The lowest BCUT2D eigenvalue weighted by Gasteiger charge is -2.38. The molecule has 1 amide bonds. The highest BCUT2D eigenvalue weighted by molar-refractivity contribution is 5.95. The van der Waals surface area contributed by atoms with Crippen molar-refractivity contribution in [1.82, 2.24) is 10.2 Å². The Hall–Kier alpha value is -2.19. The van der Waals surface area contributed by atoms with Crippen LogP contribution in [0.25, 0.3) is 0 Å². The molecule has 2 aliphatic heterocycles. The van der Waals surface area contributed by atoms with Crippen molar-refractivity contribution < 1.29 is 14.5 Å². The number of anilines is 1. The van der Waals surface area contributed by atoms with E-state index in [-0.39, 0.29) is 22.6 Å². The van der Waals surface area contributed by atoms with E-state index < -0.39 is 0 Å². The molecular formula is C22H34N4O4. The molecule has 1 aromatic rings. The van der Waals surface area contributed by atoms with Crippen LogP contribution in [0, 0.1) is 16.0 Å². The van der Waals surface area contributed by atoms with Gasteiger partial charge in [-0.05, 0) is 30.9 Å². The summed E-state index contributed by atoms with van der Waals surface area (Å²) in [6.45, 7) is 9.72. The zero-order valence-corrected chi connectivity index (χ0v) is 18.1. The molecule has 3 rings (SSSR count). The van der Waals surface area contributed by atoms with E-state index in [0.717, 1.165) is 65.1 Å². The Morgan fingerprint density at radius 1 is 1.17 bits per heavy atom. The molecule has 2 saturated heterocycles. The number of morpholine rings is 1. The Labute approximate surface area is 178 Å². The largest absolute Gasteiger partial charge is 0.379 e. The van der Waals surface area contributed by atoms with Crippen molar-refractivity contribution in [3.05, 3.63) is 33.9 Å². The summed E-state index contributed by atoms with van der Waals surface area (Å²) in [5.41, 5.74) is 0.960. The first kappa shape index (κ1) is 22.5. The number of hydrogen-bond donors (Lipinski definition) is 1. The highest BCUT2D eigenvalue weighted by Crippen LogP contribution is 2.31. The highest BCUT2D eigenvalue weighted by Gasteiger charge is 2.28. The lowest BCUT2D eigenvalue weighted by molar-refractivity contribution is -0.384. The number of nitro benzene ring substituents is 1. The third-order valence-corrected chi connectivity index (χ3v) is 6.46. The molecule has 1 N–H and O–H groups in total. The van der Waals surface area contributed by atoms with Crippen molar-refractivity contribution >= 4 is 17.3 Å². The second-order valence-electron chi connectivity index (χ2n) is 8.16. The lowest BCUT2D eigenvalue weighted by Crippen LogP contribution is -2.52. The van der Waals surface area contributed by atoms with E-state index >= 15 is 0 Å². The van der Waals surface area contributed by atoms with E-state index in [1.807, 2.05) is 4.90 Å². The van der Waals surface area contributed by atoms with Crippen LogP contribution >= 0.6 is 0 Å². The molecule has 8 heteroatoms. The molecule has 0 bridgehead atoms. The van der Waals surface area contributed by atoms with Crippen molar-refractivity contribution in [3.8, 4) is 0 Å². The predicted molar refractivity (Wildman–Crippen MR) is 117 cm³/mol. The average Bonchev–Trinajstić information content (AvgIpc) is 3.31. The summed E-state index contributed by atoms with van der Waals surface area (Å²) in [4.78, 5) is 28.5. The van der Waals surface area contributed by atoms with Crippen LogP contribution < -0.4 is 10.2 Å².